The van der Waals surface area contributed by atoms with E-state index in [1.165, 1.54) is 18.4 Å². The summed E-state index contributed by atoms with van der Waals surface area (Å²) in [5.41, 5.74) is 2.09. The van der Waals surface area contributed by atoms with E-state index in [1.807, 2.05) is 12.1 Å². The Morgan fingerprint density at radius 1 is 1.27 bits per heavy atom. The van der Waals surface area contributed by atoms with E-state index in [9.17, 15) is 0 Å². The van der Waals surface area contributed by atoms with Crippen molar-refractivity contribution in [2.45, 2.75) is 18.9 Å². The highest BCUT2D eigenvalue weighted by molar-refractivity contribution is 5.85. The average molecular weight is 352 g/mol. The molecule has 1 saturated heterocycles. The van der Waals surface area contributed by atoms with E-state index in [4.69, 9.17) is 4.74 Å². The summed E-state index contributed by atoms with van der Waals surface area (Å²) in [6, 6.07) is 8.82. The highest BCUT2D eigenvalue weighted by Gasteiger charge is 2.30. The Kier molecular flexibility index (Phi) is 4.71. The van der Waals surface area contributed by atoms with Crippen LogP contribution in [0.5, 0.6) is 5.75 Å². The van der Waals surface area contributed by atoms with Gasteiger partial charge in [0.1, 0.15) is 17.9 Å². The molecular weight excluding hydrogens is 328 g/mol. The zero-order chi connectivity index (χ0) is 17.9. The van der Waals surface area contributed by atoms with Crippen molar-refractivity contribution >= 4 is 16.9 Å². The summed E-state index contributed by atoms with van der Waals surface area (Å²) in [5, 5.41) is 11.4. The number of hydrogen-bond donors (Lipinski definition) is 2. The quantitative estimate of drug-likeness (QED) is 0.735. The zero-order valence-electron chi connectivity index (χ0n) is 15.1. The normalized spacial score (nSPS) is 21.0. The first-order chi connectivity index (χ1) is 12.8. The maximum atomic E-state index is 5.30. The number of aromatic nitrogens is 4. The standard InChI is InChI=1S/C19H24N6O/c1-25-9-3-4-14(17(25)13-5-7-15(26-2)8-6-13)10-20-18-16-11-23-24-19(16)22-12-21-18/h5-8,11-12,14,17H,3-4,9-10H2,1-2H3,(H2,20,21,22,23,24). The summed E-state index contributed by atoms with van der Waals surface area (Å²) >= 11 is 0. The predicted octanol–water partition coefficient (Wildman–Crippen LogP) is 2.86. The Morgan fingerprint density at radius 3 is 2.92 bits per heavy atom. The smallest absolute Gasteiger partial charge is 0.160 e. The highest BCUT2D eigenvalue weighted by Crippen LogP contribution is 2.36. The highest BCUT2D eigenvalue weighted by atomic mass is 16.5. The second-order valence-corrected chi connectivity index (χ2v) is 6.84. The van der Waals surface area contributed by atoms with E-state index in [0.29, 0.717) is 12.0 Å². The van der Waals surface area contributed by atoms with E-state index >= 15 is 0 Å². The lowest BCUT2D eigenvalue weighted by Gasteiger charge is -2.39. The Balaban J connectivity index is 1.54. The summed E-state index contributed by atoms with van der Waals surface area (Å²) in [4.78, 5) is 11.0. The fraction of sp³-hybridized carbons (Fsp3) is 0.421. The van der Waals surface area contributed by atoms with Gasteiger partial charge in [0.05, 0.1) is 18.7 Å². The van der Waals surface area contributed by atoms with Gasteiger partial charge in [-0.3, -0.25) is 10.00 Å². The lowest BCUT2D eigenvalue weighted by Crippen LogP contribution is -2.39. The molecule has 0 amide bonds. The third kappa shape index (κ3) is 3.22. The largest absolute Gasteiger partial charge is 0.497 e. The second-order valence-electron chi connectivity index (χ2n) is 6.84. The molecule has 136 valence electrons. The first-order valence-corrected chi connectivity index (χ1v) is 8.98. The summed E-state index contributed by atoms with van der Waals surface area (Å²) in [6.45, 7) is 1.98. The fourth-order valence-electron chi connectivity index (χ4n) is 3.93. The lowest BCUT2D eigenvalue weighted by atomic mass is 9.85. The summed E-state index contributed by atoms with van der Waals surface area (Å²) in [6.07, 6.45) is 5.73. The monoisotopic (exact) mass is 352 g/mol. The molecule has 1 aromatic carbocycles. The number of nitrogens with one attached hydrogen (secondary N) is 2. The Labute approximate surface area is 152 Å². The number of likely N-dealkylation sites (tertiary alicyclic amines) is 1. The minimum Gasteiger partial charge on any atom is -0.497 e. The van der Waals surface area contributed by atoms with Gasteiger partial charge in [0.25, 0.3) is 0 Å². The van der Waals surface area contributed by atoms with Gasteiger partial charge in [-0.05, 0) is 50.0 Å². The third-order valence-corrected chi connectivity index (χ3v) is 5.24. The number of rotatable bonds is 5. The number of methoxy groups -OCH3 is 1. The van der Waals surface area contributed by atoms with Gasteiger partial charge in [-0.15, -0.1) is 0 Å². The molecule has 0 radical (unpaired) electrons. The van der Waals surface area contributed by atoms with Crippen LogP contribution in [0, 0.1) is 5.92 Å². The number of nitrogens with zero attached hydrogens (tertiary/aromatic N) is 4. The van der Waals surface area contributed by atoms with Crippen molar-refractivity contribution in [1.82, 2.24) is 25.1 Å². The molecule has 7 nitrogen and oxygen atoms in total. The van der Waals surface area contributed by atoms with Gasteiger partial charge in [0.15, 0.2) is 5.65 Å². The molecule has 2 aromatic heterocycles. The van der Waals surface area contributed by atoms with Gasteiger partial charge < -0.3 is 10.1 Å². The van der Waals surface area contributed by atoms with E-state index < -0.39 is 0 Å². The maximum Gasteiger partial charge on any atom is 0.160 e. The molecule has 1 aliphatic rings. The molecule has 2 unspecified atom stereocenters. The third-order valence-electron chi connectivity index (χ3n) is 5.24. The molecule has 1 fully saturated rings. The second kappa shape index (κ2) is 7.29. The Morgan fingerprint density at radius 2 is 2.12 bits per heavy atom. The predicted molar refractivity (Wildman–Crippen MR) is 101 cm³/mol. The number of aromatic amines is 1. The first-order valence-electron chi connectivity index (χ1n) is 8.98. The lowest BCUT2D eigenvalue weighted by molar-refractivity contribution is 0.128. The van der Waals surface area contributed by atoms with Crippen molar-refractivity contribution in [1.29, 1.82) is 0 Å². The number of piperidine rings is 1. The zero-order valence-corrected chi connectivity index (χ0v) is 15.1. The first kappa shape index (κ1) is 16.8. The van der Waals surface area contributed by atoms with Crippen LogP contribution in [-0.4, -0.2) is 52.3 Å². The van der Waals surface area contributed by atoms with Crippen LogP contribution in [0.2, 0.25) is 0 Å². The van der Waals surface area contributed by atoms with Gasteiger partial charge in [-0.2, -0.15) is 5.10 Å². The Bertz CT molecular complexity index is 862. The summed E-state index contributed by atoms with van der Waals surface area (Å²) in [5.74, 6) is 2.23. The fourth-order valence-corrected chi connectivity index (χ4v) is 3.93. The molecule has 0 saturated carbocycles. The van der Waals surface area contributed by atoms with Crippen molar-refractivity contribution in [3.05, 3.63) is 42.4 Å². The molecule has 0 bridgehead atoms. The molecule has 0 aliphatic carbocycles. The van der Waals surface area contributed by atoms with Gasteiger partial charge in [-0.1, -0.05) is 12.1 Å². The van der Waals surface area contributed by atoms with Crippen LogP contribution < -0.4 is 10.1 Å². The number of hydrogen-bond acceptors (Lipinski definition) is 6. The van der Waals surface area contributed by atoms with E-state index in [1.54, 1.807) is 19.6 Å². The average Bonchev–Trinajstić information content (AvgIpc) is 3.16. The molecule has 3 heterocycles. The molecule has 3 aromatic rings. The number of H-pyrrole nitrogens is 1. The molecule has 1 aliphatic heterocycles. The van der Waals surface area contributed by atoms with Crippen molar-refractivity contribution in [3.63, 3.8) is 0 Å². The minimum absolute atomic E-state index is 0.379. The number of anilines is 1. The van der Waals surface area contributed by atoms with Crippen LogP contribution in [0.1, 0.15) is 24.4 Å². The molecule has 26 heavy (non-hydrogen) atoms. The van der Waals surface area contributed by atoms with Crippen molar-refractivity contribution in [2.24, 2.45) is 5.92 Å². The van der Waals surface area contributed by atoms with Crippen LogP contribution in [0.3, 0.4) is 0 Å². The van der Waals surface area contributed by atoms with Gasteiger partial charge in [0, 0.05) is 12.6 Å². The van der Waals surface area contributed by atoms with Gasteiger partial charge in [0.2, 0.25) is 0 Å². The van der Waals surface area contributed by atoms with Gasteiger partial charge >= 0.3 is 0 Å². The summed E-state index contributed by atoms with van der Waals surface area (Å²) in [7, 11) is 3.91. The molecule has 2 atom stereocenters. The minimum atomic E-state index is 0.379. The van der Waals surface area contributed by atoms with Crippen LogP contribution in [-0.2, 0) is 0 Å². The molecular formula is C19H24N6O. The SMILES string of the molecule is COc1ccc(C2C(CNc3ncnc4[nH]ncc34)CCCN2C)cc1. The van der Waals surface area contributed by atoms with E-state index in [2.05, 4.69) is 49.6 Å². The van der Waals surface area contributed by atoms with Crippen molar-refractivity contribution < 1.29 is 4.74 Å². The molecule has 0 spiro atoms. The van der Waals surface area contributed by atoms with E-state index in [0.717, 1.165) is 35.7 Å². The Hall–Kier alpha value is -2.67. The van der Waals surface area contributed by atoms with Crippen molar-refractivity contribution in [3.8, 4) is 5.75 Å². The molecule has 2 N–H and O–H groups in total. The number of ether oxygens (including phenoxy) is 1. The number of fused-ring (bicyclic) bond motifs is 1. The topological polar surface area (TPSA) is 79.0 Å². The molecule has 7 heteroatoms. The van der Waals surface area contributed by atoms with E-state index in [-0.39, 0.29) is 0 Å². The van der Waals surface area contributed by atoms with Crippen LogP contribution >= 0.6 is 0 Å². The van der Waals surface area contributed by atoms with Crippen LogP contribution in [0.4, 0.5) is 5.82 Å². The number of benzene rings is 1. The van der Waals surface area contributed by atoms with Crippen LogP contribution in [0.15, 0.2) is 36.8 Å². The maximum absolute atomic E-state index is 5.30. The van der Waals surface area contributed by atoms with Crippen molar-refractivity contribution in [2.75, 3.05) is 32.6 Å². The van der Waals surface area contributed by atoms with Gasteiger partial charge in [-0.25, -0.2) is 9.97 Å². The summed E-state index contributed by atoms with van der Waals surface area (Å²) < 4.78 is 5.30. The molecule has 4 rings (SSSR count). The van der Waals surface area contributed by atoms with Crippen LogP contribution in [0.25, 0.3) is 11.0 Å².